The summed E-state index contributed by atoms with van der Waals surface area (Å²) in [5.41, 5.74) is 1.57. The van der Waals surface area contributed by atoms with Gasteiger partial charge in [0.1, 0.15) is 5.54 Å². The van der Waals surface area contributed by atoms with Crippen molar-refractivity contribution in [2.24, 2.45) is 0 Å². The zero-order valence-corrected chi connectivity index (χ0v) is 13.3. The molecule has 1 aromatic rings. The Labute approximate surface area is 127 Å². The van der Waals surface area contributed by atoms with Crippen LogP contribution in [0, 0.1) is 6.92 Å². The van der Waals surface area contributed by atoms with Crippen LogP contribution in [0.15, 0.2) is 24.3 Å². The quantitative estimate of drug-likeness (QED) is 0.866. The van der Waals surface area contributed by atoms with Crippen LogP contribution in [0.2, 0.25) is 0 Å². The number of aryl methyl sites for hydroxylation is 1. The summed E-state index contributed by atoms with van der Waals surface area (Å²) in [7, 11) is 1.48. The minimum absolute atomic E-state index is 0.151. The second-order valence-electron chi connectivity index (χ2n) is 5.86. The molecule has 0 bridgehead atoms. The molecule has 1 fully saturated rings. The summed E-state index contributed by atoms with van der Waals surface area (Å²) in [5, 5.41) is 3.47. The van der Waals surface area contributed by atoms with Crippen LogP contribution in [0.4, 0.5) is 5.69 Å². The van der Waals surface area contributed by atoms with E-state index in [1.165, 1.54) is 12.7 Å². The Morgan fingerprint density at radius 1 is 1.38 bits per heavy atom. The molecule has 1 heterocycles. The zero-order valence-electron chi connectivity index (χ0n) is 13.3. The van der Waals surface area contributed by atoms with Gasteiger partial charge < -0.3 is 15.0 Å². The summed E-state index contributed by atoms with van der Waals surface area (Å²) in [6.07, 6.45) is 2.59. The van der Waals surface area contributed by atoms with Gasteiger partial charge in [0.25, 0.3) is 0 Å². The van der Waals surface area contributed by atoms with Crippen molar-refractivity contribution in [1.82, 2.24) is 4.90 Å². The van der Waals surface area contributed by atoms with E-state index in [-0.39, 0.29) is 5.97 Å². The molecule has 1 aliphatic heterocycles. The molecule has 1 unspecified atom stereocenters. The molecule has 0 aliphatic carbocycles. The Bertz CT molecular complexity index is 489. The normalized spacial score (nSPS) is 23.4. The average Bonchev–Trinajstić information content (AvgIpc) is 2.69. The van der Waals surface area contributed by atoms with Gasteiger partial charge in [0.05, 0.1) is 7.11 Å². The van der Waals surface area contributed by atoms with Gasteiger partial charge in [0, 0.05) is 12.2 Å². The Balaban J connectivity index is 2.23. The van der Waals surface area contributed by atoms with Gasteiger partial charge in [0.2, 0.25) is 0 Å². The number of benzene rings is 1. The fourth-order valence-electron chi connectivity index (χ4n) is 3.08. The number of methoxy groups -OCH3 is 1. The number of hydrogen-bond acceptors (Lipinski definition) is 4. The van der Waals surface area contributed by atoms with Crippen LogP contribution in [-0.4, -0.2) is 43.2 Å². The predicted octanol–water partition coefficient (Wildman–Crippen LogP) is 2.82. The van der Waals surface area contributed by atoms with Crippen molar-refractivity contribution in [1.29, 1.82) is 0 Å². The van der Waals surface area contributed by atoms with Gasteiger partial charge in [-0.05, 0) is 57.0 Å². The minimum Gasteiger partial charge on any atom is -0.467 e. The van der Waals surface area contributed by atoms with Crippen molar-refractivity contribution in [2.75, 3.05) is 32.1 Å². The zero-order chi connectivity index (χ0) is 15.3. The molecule has 21 heavy (non-hydrogen) atoms. The molecule has 0 spiro atoms. The summed E-state index contributed by atoms with van der Waals surface area (Å²) in [6, 6.07) is 8.16. The Morgan fingerprint density at radius 2 is 2.19 bits per heavy atom. The number of anilines is 1. The van der Waals surface area contributed by atoms with Crippen LogP contribution >= 0.6 is 0 Å². The molecule has 0 radical (unpaired) electrons. The van der Waals surface area contributed by atoms with Crippen LogP contribution in [0.5, 0.6) is 0 Å². The van der Waals surface area contributed by atoms with E-state index < -0.39 is 5.54 Å². The summed E-state index contributed by atoms with van der Waals surface area (Å²) < 4.78 is 5.10. The van der Waals surface area contributed by atoms with Crippen molar-refractivity contribution in [3.8, 4) is 0 Å². The van der Waals surface area contributed by atoms with Gasteiger partial charge in [-0.15, -0.1) is 0 Å². The number of ether oxygens (including phenoxy) is 1. The first-order valence-corrected chi connectivity index (χ1v) is 7.75. The number of hydrogen-bond donors (Lipinski definition) is 1. The lowest BCUT2D eigenvalue weighted by Crippen LogP contribution is -2.48. The highest BCUT2D eigenvalue weighted by atomic mass is 16.5. The molecular formula is C17H26N2O2. The average molecular weight is 290 g/mol. The first-order chi connectivity index (χ1) is 10.1. The number of likely N-dealkylation sites (tertiary alicyclic amines) is 1. The van der Waals surface area contributed by atoms with Gasteiger partial charge in [-0.2, -0.15) is 0 Å². The lowest BCUT2D eigenvalue weighted by Gasteiger charge is -2.32. The number of rotatable bonds is 4. The molecule has 1 aromatic carbocycles. The van der Waals surface area contributed by atoms with E-state index in [9.17, 15) is 4.79 Å². The second kappa shape index (κ2) is 6.94. The van der Waals surface area contributed by atoms with Crippen LogP contribution in [0.25, 0.3) is 0 Å². The third-order valence-electron chi connectivity index (χ3n) is 4.36. The molecule has 1 N–H and O–H groups in total. The maximum absolute atomic E-state index is 12.4. The van der Waals surface area contributed by atoms with Crippen LogP contribution in [-0.2, 0) is 9.53 Å². The topological polar surface area (TPSA) is 41.6 Å². The minimum atomic E-state index is -0.605. The van der Waals surface area contributed by atoms with Crippen molar-refractivity contribution in [3.63, 3.8) is 0 Å². The van der Waals surface area contributed by atoms with E-state index in [4.69, 9.17) is 4.74 Å². The molecule has 1 saturated heterocycles. The highest BCUT2D eigenvalue weighted by molar-refractivity contribution is 5.84. The first kappa shape index (κ1) is 15.8. The molecule has 0 aromatic heterocycles. The van der Waals surface area contributed by atoms with Gasteiger partial charge in [-0.25, -0.2) is 4.79 Å². The molecule has 4 nitrogen and oxygen atoms in total. The number of carbonyl (C=O) groups is 1. The van der Waals surface area contributed by atoms with Gasteiger partial charge in [-0.1, -0.05) is 19.1 Å². The molecule has 4 heteroatoms. The largest absolute Gasteiger partial charge is 0.467 e. The second-order valence-corrected chi connectivity index (χ2v) is 5.86. The maximum atomic E-state index is 12.4. The summed E-state index contributed by atoms with van der Waals surface area (Å²) >= 11 is 0. The number of esters is 1. The van der Waals surface area contributed by atoms with E-state index in [2.05, 4.69) is 36.2 Å². The van der Waals surface area contributed by atoms with Crippen molar-refractivity contribution in [2.45, 2.75) is 38.6 Å². The van der Waals surface area contributed by atoms with Crippen molar-refractivity contribution in [3.05, 3.63) is 29.8 Å². The predicted molar refractivity (Wildman–Crippen MR) is 85.5 cm³/mol. The highest BCUT2D eigenvalue weighted by Gasteiger charge is 2.40. The van der Waals surface area contributed by atoms with E-state index in [0.29, 0.717) is 0 Å². The molecule has 0 saturated carbocycles. The van der Waals surface area contributed by atoms with Crippen LogP contribution in [0.1, 0.15) is 31.7 Å². The summed E-state index contributed by atoms with van der Waals surface area (Å²) in [4.78, 5) is 14.8. The van der Waals surface area contributed by atoms with Gasteiger partial charge in [0.15, 0.2) is 0 Å². The molecule has 0 amide bonds. The molecular weight excluding hydrogens is 264 g/mol. The van der Waals surface area contributed by atoms with Crippen LogP contribution in [0.3, 0.4) is 0 Å². The SMILES string of the molecule is CCN1CCCC(Nc2cccc(C)c2)(C(=O)OC)CC1. The summed E-state index contributed by atoms with van der Waals surface area (Å²) in [6.45, 7) is 7.22. The molecule has 1 aliphatic rings. The first-order valence-electron chi connectivity index (χ1n) is 7.75. The molecule has 116 valence electrons. The highest BCUT2D eigenvalue weighted by Crippen LogP contribution is 2.29. The number of nitrogens with one attached hydrogen (secondary N) is 1. The standard InChI is InChI=1S/C17H26N2O2/c1-4-19-11-6-9-17(10-12-19,16(20)21-3)18-15-8-5-7-14(2)13-15/h5,7-8,13,18H,4,6,9-12H2,1-3H3. The lowest BCUT2D eigenvalue weighted by atomic mass is 9.90. The van der Waals surface area contributed by atoms with E-state index in [1.54, 1.807) is 0 Å². The van der Waals surface area contributed by atoms with Crippen LogP contribution < -0.4 is 5.32 Å². The van der Waals surface area contributed by atoms with E-state index in [0.717, 1.165) is 44.6 Å². The van der Waals surface area contributed by atoms with E-state index in [1.807, 2.05) is 12.1 Å². The third kappa shape index (κ3) is 3.76. The Kier molecular flexibility index (Phi) is 5.23. The summed E-state index contributed by atoms with van der Waals surface area (Å²) in [5.74, 6) is -0.151. The van der Waals surface area contributed by atoms with Gasteiger partial charge >= 0.3 is 5.97 Å². The fourth-order valence-corrected chi connectivity index (χ4v) is 3.08. The monoisotopic (exact) mass is 290 g/mol. The third-order valence-corrected chi connectivity index (χ3v) is 4.36. The molecule has 1 atom stereocenters. The van der Waals surface area contributed by atoms with Crippen molar-refractivity contribution < 1.29 is 9.53 Å². The molecule has 2 rings (SSSR count). The Hall–Kier alpha value is -1.55. The number of carbonyl (C=O) groups excluding carboxylic acids is 1. The lowest BCUT2D eigenvalue weighted by molar-refractivity contribution is -0.146. The maximum Gasteiger partial charge on any atom is 0.331 e. The van der Waals surface area contributed by atoms with Gasteiger partial charge in [-0.3, -0.25) is 0 Å². The smallest absolute Gasteiger partial charge is 0.331 e. The fraction of sp³-hybridized carbons (Fsp3) is 0.588. The van der Waals surface area contributed by atoms with E-state index >= 15 is 0 Å². The Morgan fingerprint density at radius 3 is 2.86 bits per heavy atom. The number of nitrogens with zero attached hydrogens (tertiary/aromatic N) is 1. The van der Waals surface area contributed by atoms with Crippen molar-refractivity contribution >= 4 is 11.7 Å².